The number of esters is 2. The molecule has 1 saturated heterocycles. The van der Waals surface area contributed by atoms with Gasteiger partial charge < -0.3 is 23.7 Å². The minimum atomic E-state index is -1.34. The first kappa shape index (κ1) is 33.5. The second-order valence-corrected chi connectivity index (χ2v) is 11.7. The van der Waals surface area contributed by atoms with Gasteiger partial charge in [-0.3, -0.25) is 0 Å². The molecule has 1 saturated carbocycles. The second kappa shape index (κ2) is 16.6. The number of carbonyl (C=O) groups excluding carboxylic acids is 2. The van der Waals surface area contributed by atoms with Crippen molar-refractivity contribution in [2.75, 3.05) is 6.61 Å². The molecule has 0 aromatic heterocycles. The van der Waals surface area contributed by atoms with Gasteiger partial charge in [0.25, 0.3) is 0 Å². The summed E-state index contributed by atoms with van der Waals surface area (Å²) in [5, 5.41) is 3.62. The zero-order chi connectivity index (χ0) is 33.8. The van der Waals surface area contributed by atoms with E-state index in [1.807, 2.05) is 66.7 Å². The molecule has 0 bridgehead atoms. The van der Waals surface area contributed by atoms with E-state index in [2.05, 4.69) is 21.9 Å². The fourth-order valence-corrected chi connectivity index (χ4v) is 5.36. The van der Waals surface area contributed by atoms with Gasteiger partial charge in [-0.25, -0.2) is 9.59 Å². The van der Waals surface area contributed by atoms with Gasteiger partial charge in [0, 0.05) is 16.4 Å². The van der Waals surface area contributed by atoms with E-state index in [1.54, 1.807) is 42.5 Å². The van der Waals surface area contributed by atoms with Crippen LogP contribution in [0.1, 0.15) is 55.8 Å². The molecule has 10 heteroatoms. The first-order chi connectivity index (χ1) is 24.1. The molecule has 4 aromatic carbocycles. The van der Waals surface area contributed by atoms with Gasteiger partial charge in [-0.05, 0) is 53.3 Å². The number of nitrogens with zero attached hydrogens (tertiary/aromatic N) is 3. The molecule has 0 spiro atoms. The Morgan fingerprint density at radius 1 is 0.755 bits per heavy atom. The van der Waals surface area contributed by atoms with Gasteiger partial charge in [-0.1, -0.05) is 108 Å². The maximum atomic E-state index is 13.8. The smallest absolute Gasteiger partial charge is 0.341 e. The molecule has 0 radical (unpaired) electrons. The van der Waals surface area contributed by atoms with Gasteiger partial charge in [0.1, 0.15) is 12.2 Å². The number of hydrogen-bond donors (Lipinski definition) is 0. The van der Waals surface area contributed by atoms with Crippen molar-refractivity contribution in [3.8, 4) is 11.8 Å². The average molecular weight is 658 g/mol. The lowest BCUT2D eigenvalue weighted by Crippen LogP contribution is -2.57. The predicted molar refractivity (Wildman–Crippen MR) is 180 cm³/mol. The molecular formula is C39H35N3O7. The topological polar surface area (TPSA) is 129 Å². The summed E-state index contributed by atoms with van der Waals surface area (Å²) < 4.78 is 31.0. The lowest BCUT2D eigenvalue weighted by molar-refractivity contribution is -0.271. The summed E-state index contributed by atoms with van der Waals surface area (Å²) in [7, 11) is 0. The van der Waals surface area contributed by atoms with Gasteiger partial charge >= 0.3 is 11.9 Å². The van der Waals surface area contributed by atoms with Crippen LogP contribution in [0.15, 0.2) is 114 Å². The van der Waals surface area contributed by atoms with E-state index in [0.29, 0.717) is 17.0 Å². The van der Waals surface area contributed by atoms with Crippen molar-refractivity contribution in [2.45, 2.75) is 57.2 Å². The molecule has 1 heterocycles. The normalized spacial score (nSPS) is 19.8. The Morgan fingerprint density at radius 2 is 1.37 bits per heavy atom. The fourth-order valence-electron chi connectivity index (χ4n) is 5.36. The Hall–Kier alpha value is -5.43. The van der Waals surface area contributed by atoms with E-state index in [1.165, 1.54) is 0 Å². The molecule has 1 aliphatic carbocycles. The first-order valence-electron chi connectivity index (χ1n) is 16.1. The predicted octanol–water partition coefficient (Wildman–Crippen LogP) is 7.17. The standard InChI is InChI=1S/C39H35N3O7/c40-42-41-23-31-16-8-10-18-33(31)37(43)48-36-35(46-25-29-13-5-2-6-14-29)34(45-24-28-11-3-1-4-12-28)26-47-39(36)49-38(44)32-17-9-7-15-30(32)22-21-27-19-20-27/h1-18,27,34-36,39H,19-20,23-26H2/t34-,35-,36+,39-/m0/s1. The van der Waals surface area contributed by atoms with Crippen LogP contribution in [-0.4, -0.2) is 43.1 Å². The van der Waals surface area contributed by atoms with Crippen LogP contribution in [-0.2, 0) is 43.4 Å². The van der Waals surface area contributed by atoms with Crippen LogP contribution < -0.4 is 0 Å². The van der Waals surface area contributed by atoms with Crippen LogP contribution in [0.2, 0.25) is 0 Å². The van der Waals surface area contributed by atoms with E-state index < -0.39 is 36.5 Å². The van der Waals surface area contributed by atoms with Gasteiger partial charge in [-0.2, -0.15) is 0 Å². The van der Waals surface area contributed by atoms with Crippen molar-refractivity contribution < 1.29 is 33.3 Å². The summed E-state index contributed by atoms with van der Waals surface area (Å²) in [6.45, 7) is 0.345. The maximum Gasteiger partial charge on any atom is 0.341 e. The average Bonchev–Trinajstić information content (AvgIpc) is 3.98. The Balaban J connectivity index is 1.31. The van der Waals surface area contributed by atoms with Crippen molar-refractivity contribution in [3.63, 3.8) is 0 Å². The number of rotatable bonds is 12. The zero-order valence-corrected chi connectivity index (χ0v) is 26.7. The van der Waals surface area contributed by atoms with E-state index in [0.717, 1.165) is 24.0 Å². The van der Waals surface area contributed by atoms with Crippen molar-refractivity contribution in [1.82, 2.24) is 0 Å². The molecule has 0 unspecified atom stereocenters. The lowest BCUT2D eigenvalue weighted by Gasteiger charge is -2.41. The number of azide groups is 1. The van der Waals surface area contributed by atoms with Crippen LogP contribution >= 0.6 is 0 Å². The number of ether oxygens (including phenoxy) is 5. The monoisotopic (exact) mass is 657 g/mol. The third-order valence-electron chi connectivity index (χ3n) is 8.12. The largest absolute Gasteiger partial charge is 0.449 e. The van der Waals surface area contributed by atoms with Crippen molar-refractivity contribution >= 4 is 11.9 Å². The van der Waals surface area contributed by atoms with Crippen LogP contribution in [0.5, 0.6) is 0 Å². The van der Waals surface area contributed by atoms with E-state index in [9.17, 15) is 9.59 Å². The Bertz CT molecular complexity index is 1850. The SMILES string of the molecule is [N-]=[N+]=NCc1ccccc1C(=O)O[C@H]1[C@H](OC(=O)c2ccccc2C#CC2CC2)OC[C@H](OCc2ccccc2)[C@@H]1OCc1ccccc1. The highest BCUT2D eigenvalue weighted by Crippen LogP contribution is 2.30. The lowest BCUT2D eigenvalue weighted by atomic mass is 10.0. The highest BCUT2D eigenvalue weighted by molar-refractivity contribution is 5.93. The third-order valence-corrected chi connectivity index (χ3v) is 8.12. The van der Waals surface area contributed by atoms with E-state index in [-0.39, 0.29) is 37.5 Å². The highest BCUT2D eigenvalue weighted by atomic mass is 16.7. The summed E-state index contributed by atoms with van der Waals surface area (Å²) in [6.07, 6.45) is -2.10. The van der Waals surface area contributed by atoms with Crippen molar-refractivity contribution in [1.29, 1.82) is 0 Å². The minimum Gasteiger partial charge on any atom is -0.449 e. The molecule has 4 aromatic rings. The van der Waals surface area contributed by atoms with Crippen LogP contribution in [0.3, 0.4) is 0 Å². The second-order valence-electron chi connectivity index (χ2n) is 11.7. The third kappa shape index (κ3) is 9.14. The van der Waals surface area contributed by atoms with Crippen molar-refractivity contribution in [3.05, 3.63) is 153 Å². The summed E-state index contributed by atoms with van der Waals surface area (Å²) in [5.74, 6) is 5.23. The molecule has 4 atom stereocenters. The van der Waals surface area contributed by atoms with Gasteiger partial charge in [0.05, 0.1) is 37.5 Å². The molecule has 2 fully saturated rings. The highest BCUT2D eigenvalue weighted by Gasteiger charge is 2.47. The van der Waals surface area contributed by atoms with Crippen LogP contribution in [0.4, 0.5) is 0 Å². The molecule has 10 nitrogen and oxygen atoms in total. The maximum absolute atomic E-state index is 13.8. The number of hydrogen-bond acceptors (Lipinski definition) is 8. The van der Waals surface area contributed by atoms with Gasteiger partial charge in [-0.15, -0.1) is 0 Å². The molecule has 248 valence electrons. The summed E-state index contributed by atoms with van der Waals surface area (Å²) in [6, 6.07) is 32.8. The quantitative estimate of drug-likeness (QED) is 0.0519. The molecule has 49 heavy (non-hydrogen) atoms. The number of carbonyl (C=O) groups is 2. The summed E-state index contributed by atoms with van der Waals surface area (Å²) in [4.78, 5) is 30.4. The minimum absolute atomic E-state index is 0.00507. The molecule has 0 N–H and O–H groups in total. The molecule has 2 aliphatic rings. The Labute approximate surface area is 284 Å². The zero-order valence-electron chi connectivity index (χ0n) is 26.7. The van der Waals surface area contributed by atoms with E-state index >= 15 is 0 Å². The molecule has 1 aliphatic heterocycles. The van der Waals surface area contributed by atoms with E-state index in [4.69, 9.17) is 29.2 Å². The molecular weight excluding hydrogens is 622 g/mol. The summed E-state index contributed by atoms with van der Waals surface area (Å²) in [5.41, 5.74) is 12.2. The van der Waals surface area contributed by atoms with Crippen LogP contribution in [0, 0.1) is 17.8 Å². The van der Waals surface area contributed by atoms with Crippen molar-refractivity contribution in [2.24, 2.45) is 11.0 Å². The number of benzene rings is 4. The molecule has 6 rings (SSSR count). The van der Waals surface area contributed by atoms with Gasteiger partial charge in [0.15, 0.2) is 6.10 Å². The summed E-state index contributed by atoms with van der Waals surface area (Å²) >= 11 is 0. The molecule has 0 amide bonds. The van der Waals surface area contributed by atoms with Gasteiger partial charge in [0.2, 0.25) is 6.29 Å². The Morgan fingerprint density at radius 3 is 2.06 bits per heavy atom. The fraction of sp³-hybridized carbons (Fsp3) is 0.282. The Kier molecular flexibility index (Phi) is 11.3. The van der Waals surface area contributed by atoms with Crippen LogP contribution in [0.25, 0.3) is 10.4 Å². The first-order valence-corrected chi connectivity index (χ1v) is 16.1.